The molecule has 1 aliphatic rings. The largest absolute Gasteiger partial charge is 0.496 e. The highest BCUT2D eigenvalue weighted by Crippen LogP contribution is 2.55. The third-order valence-corrected chi connectivity index (χ3v) is 4.42. The summed E-state index contributed by atoms with van der Waals surface area (Å²) in [5.41, 5.74) is 9.72. The van der Waals surface area contributed by atoms with Gasteiger partial charge in [-0.1, -0.05) is 11.6 Å². The second-order valence-corrected chi connectivity index (χ2v) is 5.56. The maximum absolute atomic E-state index is 6.21. The molecule has 1 aromatic rings. The van der Waals surface area contributed by atoms with Gasteiger partial charge in [0.1, 0.15) is 5.75 Å². The first-order valence-corrected chi connectivity index (χ1v) is 6.41. The fourth-order valence-corrected chi connectivity index (χ4v) is 3.04. The monoisotopic (exact) mass is 253 g/mol. The Bertz CT molecular complexity index is 450. The zero-order valence-electron chi connectivity index (χ0n) is 10.9. The van der Waals surface area contributed by atoms with Crippen LogP contribution >= 0.6 is 11.6 Å². The molecule has 2 N–H and O–H groups in total. The number of aryl methyl sites for hydroxylation is 1. The Hall–Kier alpha value is -0.730. The lowest BCUT2D eigenvalue weighted by Gasteiger charge is -2.26. The molecule has 0 saturated heterocycles. The van der Waals surface area contributed by atoms with Gasteiger partial charge in [0.25, 0.3) is 0 Å². The molecule has 1 atom stereocenters. The van der Waals surface area contributed by atoms with E-state index in [9.17, 15) is 0 Å². The van der Waals surface area contributed by atoms with Gasteiger partial charge in [-0.05, 0) is 45.2 Å². The first-order chi connectivity index (χ1) is 7.94. The van der Waals surface area contributed by atoms with Gasteiger partial charge in [0.15, 0.2) is 0 Å². The number of ether oxygens (including phenoxy) is 1. The van der Waals surface area contributed by atoms with E-state index in [1.54, 1.807) is 7.11 Å². The minimum atomic E-state index is 0.102. The minimum absolute atomic E-state index is 0.102. The van der Waals surface area contributed by atoms with E-state index in [2.05, 4.69) is 13.8 Å². The maximum atomic E-state index is 6.21. The standard InChI is InChI=1S/C14H20ClNO/c1-8-7-11(15)9(2)13(17-4)12(8)14(5-6-14)10(3)16/h7,10H,5-6,16H2,1-4H3. The molecule has 1 aromatic carbocycles. The molecular formula is C14H20ClNO. The van der Waals surface area contributed by atoms with E-state index in [0.717, 1.165) is 29.2 Å². The summed E-state index contributed by atoms with van der Waals surface area (Å²) in [5, 5.41) is 0.767. The van der Waals surface area contributed by atoms with E-state index in [0.29, 0.717) is 0 Å². The Labute approximate surface area is 108 Å². The summed E-state index contributed by atoms with van der Waals surface area (Å²) in [6.07, 6.45) is 2.28. The lowest BCUT2D eigenvalue weighted by molar-refractivity contribution is 0.394. The SMILES string of the molecule is COc1c(C)c(Cl)cc(C)c1C1(C(C)N)CC1. The van der Waals surface area contributed by atoms with Gasteiger partial charge in [-0.25, -0.2) is 0 Å². The molecule has 1 unspecified atom stereocenters. The molecule has 0 bridgehead atoms. The second kappa shape index (κ2) is 4.18. The van der Waals surface area contributed by atoms with Crippen molar-refractivity contribution in [3.63, 3.8) is 0 Å². The summed E-state index contributed by atoms with van der Waals surface area (Å²) in [6, 6.07) is 2.17. The molecule has 0 heterocycles. The number of hydrogen-bond donors (Lipinski definition) is 1. The van der Waals surface area contributed by atoms with Crippen LogP contribution < -0.4 is 10.5 Å². The Morgan fingerprint density at radius 3 is 2.41 bits per heavy atom. The van der Waals surface area contributed by atoms with Gasteiger partial charge < -0.3 is 10.5 Å². The normalized spacial score (nSPS) is 18.9. The van der Waals surface area contributed by atoms with Crippen LogP contribution in [0.3, 0.4) is 0 Å². The zero-order chi connectivity index (χ0) is 12.8. The molecular weight excluding hydrogens is 234 g/mol. The number of rotatable bonds is 3. The lowest BCUT2D eigenvalue weighted by Crippen LogP contribution is -2.32. The van der Waals surface area contributed by atoms with Crippen molar-refractivity contribution >= 4 is 11.6 Å². The van der Waals surface area contributed by atoms with Gasteiger partial charge in [0.2, 0.25) is 0 Å². The van der Waals surface area contributed by atoms with Crippen LogP contribution in [-0.2, 0) is 5.41 Å². The Kier molecular flexibility index (Phi) is 3.13. The molecule has 1 saturated carbocycles. The van der Waals surface area contributed by atoms with E-state index in [4.69, 9.17) is 22.1 Å². The topological polar surface area (TPSA) is 35.2 Å². The number of halogens is 1. The predicted molar refractivity (Wildman–Crippen MR) is 72.0 cm³/mol. The minimum Gasteiger partial charge on any atom is -0.496 e. The van der Waals surface area contributed by atoms with Crippen molar-refractivity contribution < 1.29 is 4.74 Å². The van der Waals surface area contributed by atoms with Gasteiger partial charge in [-0.15, -0.1) is 0 Å². The summed E-state index contributed by atoms with van der Waals surface area (Å²) in [6.45, 7) is 6.17. The molecule has 0 amide bonds. The van der Waals surface area contributed by atoms with E-state index in [-0.39, 0.29) is 11.5 Å². The quantitative estimate of drug-likeness (QED) is 0.897. The summed E-state index contributed by atoms with van der Waals surface area (Å²) < 4.78 is 5.57. The number of benzene rings is 1. The summed E-state index contributed by atoms with van der Waals surface area (Å²) in [4.78, 5) is 0. The van der Waals surface area contributed by atoms with Crippen molar-refractivity contribution in [3.8, 4) is 5.75 Å². The maximum Gasteiger partial charge on any atom is 0.127 e. The van der Waals surface area contributed by atoms with E-state index < -0.39 is 0 Å². The molecule has 17 heavy (non-hydrogen) atoms. The van der Waals surface area contributed by atoms with Crippen LogP contribution in [0.5, 0.6) is 5.75 Å². The summed E-state index contributed by atoms with van der Waals surface area (Å²) >= 11 is 6.21. The fourth-order valence-electron chi connectivity index (χ4n) is 2.79. The number of nitrogens with two attached hydrogens (primary N) is 1. The Morgan fingerprint density at radius 1 is 1.41 bits per heavy atom. The number of hydrogen-bond acceptors (Lipinski definition) is 2. The van der Waals surface area contributed by atoms with Crippen LogP contribution in [-0.4, -0.2) is 13.2 Å². The highest BCUT2D eigenvalue weighted by molar-refractivity contribution is 6.31. The average Bonchev–Trinajstić information content (AvgIpc) is 3.04. The second-order valence-electron chi connectivity index (χ2n) is 5.15. The van der Waals surface area contributed by atoms with E-state index >= 15 is 0 Å². The first kappa shape index (κ1) is 12.7. The first-order valence-electron chi connectivity index (χ1n) is 6.04. The van der Waals surface area contributed by atoms with Crippen LogP contribution in [0.15, 0.2) is 6.07 Å². The summed E-state index contributed by atoms with van der Waals surface area (Å²) in [5.74, 6) is 0.921. The van der Waals surface area contributed by atoms with Gasteiger partial charge in [0, 0.05) is 27.6 Å². The summed E-state index contributed by atoms with van der Waals surface area (Å²) in [7, 11) is 1.71. The van der Waals surface area contributed by atoms with Crippen LogP contribution in [0.4, 0.5) is 0 Å². The predicted octanol–water partition coefficient (Wildman–Crippen LogP) is 3.34. The van der Waals surface area contributed by atoms with Crippen molar-refractivity contribution in [2.45, 2.75) is 45.1 Å². The molecule has 0 aromatic heterocycles. The molecule has 3 heteroatoms. The third-order valence-electron chi connectivity index (χ3n) is 4.03. The van der Waals surface area contributed by atoms with Crippen molar-refractivity contribution in [2.24, 2.45) is 5.73 Å². The van der Waals surface area contributed by atoms with Gasteiger partial charge in [0.05, 0.1) is 7.11 Å². The zero-order valence-corrected chi connectivity index (χ0v) is 11.7. The highest BCUT2D eigenvalue weighted by Gasteiger charge is 2.50. The average molecular weight is 254 g/mol. The molecule has 1 aliphatic carbocycles. The van der Waals surface area contributed by atoms with Gasteiger partial charge in [-0.2, -0.15) is 0 Å². The highest BCUT2D eigenvalue weighted by atomic mass is 35.5. The smallest absolute Gasteiger partial charge is 0.127 e. The van der Waals surface area contributed by atoms with Crippen LogP contribution in [0.25, 0.3) is 0 Å². The molecule has 0 spiro atoms. The van der Waals surface area contributed by atoms with E-state index in [1.807, 2.05) is 13.0 Å². The number of methoxy groups -OCH3 is 1. The van der Waals surface area contributed by atoms with Crippen LogP contribution in [0.1, 0.15) is 36.5 Å². The van der Waals surface area contributed by atoms with Crippen molar-refractivity contribution in [1.29, 1.82) is 0 Å². The van der Waals surface area contributed by atoms with Gasteiger partial charge in [-0.3, -0.25) is 0 Å². The van der Waals surface area contributed by atoms with Gasteiger partial charge >= 0.3 is 0 Å². The van der Waals surface area contributed by atoms with Crippen LogP contribution in [0, 0.1) is 13.8 Å². The molecule has 2 rings (SSSR count). The van der Waals surface area contributed by atoms with Crippen molar-refractivity contribution in [1.82, 2.24) is 0 Å². The van der Waals surface area contributed by atoms with Crippen LogP contribution in [0.2, 0.25) is 5.02 Å². The third kappa shape index (κ3) is 1.84. The molecule has 0 radical (unpaired) electrons. The van der Waals surface area contributed by atoms with Crippen molar-refractivity contribution in [3.05, 3.63) is 27.8 Å². The van der Waals surface area contributed by atoms with E-state index in [1.165, 1.54) is 11.1 Å². The Morgan fingerprint density at radius 2 is 2.00 bits per heavy atom. The fraction of sp³-hybridized carbons (Fsp3) is 0.571. The van der Waals surface area contributed by atoms with Crippen molar-refractivity contribution in [2.75, 3.05) is 7.11 Å². The Balaban J connectivity index is 2.65. The lowest BCUT2D eigenvalue weighted by atomic mass is 9.84. The molecule has 2 nitrogen and oxygen atoms in total. The molecule has 0 aliphatic heterocycles. The molecule has 1 fully saturated rings. The molecule has 94 valence electrons.